The second kappa shape index (κ2) is 10.5. The lowest BCUT2D eigenvalue weighted by molar-refractivity contribution is -0.349. The molecule has 1 aromatic rings. The maximum atomic E-state index is 10.6. The first-order valence-electron chi connectivity index (χ1n) is 11.1. The van der Waals surface area contributed by atoms with Crippen molar-refractivity contribution in [3.8, 4) is 0 Å². The van der Waals surface area contributed by atoms with Crippen LogP contribution in [0, 0.1) is 11.8 Å². The van der Waals surface area contributed by atoms with Gasteiger partial charge in [-0.15, -0.1) is 0 Å². The summed E-state index contributed by atoms with van der Waals surface area (Å²) >= 11 is 0. The third kappa shape index (κ3) is 4.78. The van der Waals surface area contributed by atoms with Gasteiger partial charge in [-0.25, -0.2) is 0 Å². The van der Waals surface area contributed by atoms with Gasteiger partial charge in [-0.2, -0.15) is 0 Å². The third-order valence-electron chi connectivity index (χ3n) is 6.65. The first-order chi connectivity index (χ1) is 15.5. The molecule has 10 nitrogen and oxygen atoms in total. The molecule has 0 spiro atoms. The zero-order valence-corrected chi connectivity index (χ0v) is 18.3. The van der Waals surface area contributed by atoms with Crippen molar-refractivity contribution in [1.82, 2.24) is 0 Å². The zero-order chi connectivity index (χ0) is 22.7. The monoisotopic (exact) mass is 449 g/mol. The molecule has 3 aliphatic rings. The maximum absolute atomic E-state index is 10.6. The quantitative estimate of drug-likeness (QED) is 0.370. The average molecular weight is 450 g/mol. The summed E-state index contributed by atoms with van der Waals surface area (Å²) in [4.78, 5) is 2.95. The van der Waals surface area contributed by atoms with E-state index in [4.69, 9.17) is 29.2 Å². The molecule has 4 rings (SSSR count). The van der Waals surface area contributed by atoms with Gasteiger partial charge in [0.05, 0.1) is 44.2 Å². The Hall–Kier alpha value is -1.75. The molecule has 0 amide bonds. The second-order valence-electron chi connectivity index (χ2n) is 8.69. The Morgan fingerprint density at radius 1 is 1.16 bits per heavy atom. The molecule has 10 atom stereocenters. The van der Waals surface area contributed by atoms with Crippen LogP contribution in [0.1, 0.15) is 25.8 Å². The molecular weight excluding hydrogens is 418 g/mol. The molecule has 3 saturated heterocycles. The first kappa shape index (κ1) is 23.4. The number of benzene rings is 1. The van der Waals surface area contributed by atoms with E-state index >= 15 is 0 Å². The van der Waals surface area contributed by atoms with Gasteiger partial charge >= 0.3 is 0 Å². The Labute approximate surface area is 187 Å². The number of fused-ring (bicyclic) bond motifs is 2. The Kier molecular flexibility index (Phi) is 7.65. The minimum absolute atomic E-state index is 0.192. The lowest BCUT2D eigenvalue weighted by atomic mass is 9.86. The summed E-state index contributed by atoms with van der Waals surface area (Å²) in [5, 5.41) is 24.2. The molecular formula is C22H31N3O7. The minimum atomic E-state index is -0.899. The van der Waals surface area contributed by atoms with Gasteiger partial charge in [0.1, 0.15) is 12.2 Å². The van der Waals surface area contributed by atoms with Crippen molar-refractivity contribution >= 4 is 0 Å². The van der Waals surface area contributed by atoms with Crippen molar-refractivity contribution in [2.45, 2.75) is 76.0 Å². The van der Waals surface area contributed by atoms with Gasteiger partial charge in [0.25, 0.3) is 0 Å². The number of hydrogen-bond acceptors (Lipinski definition) is 8. The molecule has 2 bridgehead atoms. The van der Waals surface area contributed by atoms with Crippen molar-refractivity contribution in [2.24, 2.45) is 17.0 Å². The zero-order valence-electron chi connectivity index (χ0n) is 18.3. The van der Waals surface area contributed by atoms with Crippen molar-refractivity contribution in [3.63, 3.8) is 0 Å². The number of aliphatic hydroxyl groups excluding tert-OH is 2. The highest BCUT2D eigenvalue weighted by molar-refractivity contribution is 5.13. The van der Waals surface area contributed by atoms with Gasteiger partial charge in [0.2, 0.25) is 0 Å². The summed E-state index contributed by atoms with van der Waals surface area (Å²) in [6.07, 6.45) is -3.73. The number of aliphatic hydroxyl groups is 2. The van der Waals surface area contributed by atoms with Crippen molar-refractivity contribution < 1.29 is 33.9 Å². The molecule has 10 heteroatoms. The van der Waals surface area contributed by atoms with Gasteiger partial charge in [-0.1, -0.05) is 49.3 Å². The predicted molar refractivity (Wildman–Crippen MR) is 112 cm³/mol. The van der Waals surface area contributed by atoms with Gasteiger partial charge < -0.3 is 33.9 Å². The van der Waals surface area contributed by atoms with Crippen LogP contribution in [0.15, 0.2) is 35.4 Å². The molecule has 3 heterocycles. The highest BCUT2D eigenvalue weighted by atomic mass is 16.7. The van der Waals surface area contributed by atoms with Crippen LogP contribution < -0.4 is 0 Å². The molecule has 176 valence electrons. The van der Waals surface area contributed by atoms with Gasteiger partial charge in [0, 0.05) is 10.8 Å². The van der Waals surface area contributed by atoms with Gasteiger partial charge in [-0.3, -0.25) is 0 Å². The standard InChI is InChI=1S/C22H31N3O7/c1-12-17(24-25-23)21-28-9-8-15(30-21)19(12)32-22-20(13(2)18(27)16(10-26)31-22)29-11-14-6-4-3-5-7-14/h3-7,12-13,15-22,26-27H,8-11H2,1-2H3. The van der Waals surface area contributed by atoms with E-state index in [1.165, 1.54) is 0 Å². The van der Waals surface area contributed by atoms with E-state index in [0.717, 1.165) is 5.56 Å². The third-order valence-corrected chi connectivity index (χ3v) is 6.65. The molecule has 0 aliphatic carbocycles. The fourth-order valence-electron chi connectivity index (χ4n) is 4.74. The number of nitrogens with zero attached hydrogens (tertiary/aromatic N) is 3. The Bertz CT molecular complexity index is 793. The Morgan fingerprint density at radius 2 is 1.94 bits per heavy atom. The summed E-state index contributed by atoms with van der Waals surface area (Å²) in [5.74, 6) is -0.534. The van der Waals surface area contributed by atoms with Crippen LogP contribution in [0.25, 0.3) is 10.4 Å². The van der Waals surface area contributed by atoms with Crippen LogP contribution in [0.5, 0.6) is 0 Å². The molecule has 1 aromatic carbocycles. The number of hydrogen-bond donors (Lipinski definition) is 2. The van der Waals surface area contributed by atoms with E-state index in [9.17, 15) is 10.2 Å². The molecule has 0 aromatic heterocycles. The molecule has 2 N–H and O–H groups in total. The molecule has 10 unspecified atom stereocenters. The van der Waals surface area contributed by atoms with E-state index in [1.807, 2.05) is 44.2 Å². The highest BCUT2D eigenvalue weighted by Crippen LogP contribution is 2.38. The lowest BCUT2D eigenvalue weighted by Crippen LogP contribution is -2.61. The van der Waals surface area contributed by atoms with E-state index in [2.05, 4.69) is 10.0 Å². The Morgan fingerprint density at radius 3 is 2.66 bits per heavy atom. The van der Waals surface area contributed by atoms with Crippen molar-refractivity contribution in [1.29, 1.82) is 0 Å². The summed E-state index contributed by atoms with van der Waals surface area (Å²) in [6, 6.07) is 9.18. The Balaban J connectivity index is 1.54. The van der Waals surface area contributed by atoms with E-state index < -0.39 is 43.0 Å². The predicted octanol–water partition coefficient (Wildman–Crippen LogP) is 2.13. The van der Waals surface area contributed by atoms with E-state index in [-0.39, 0.29) is 24.5 Å². The van der Waals surface area contributed by atoms with Crippen molar-refractivity contribution in [3.05, 3.63) is 46.3 Å². The summed E-state index contributed by atoms with van der Waals surface area (Å²) in [7, 11) is 0. The summed E-state index contributed by atoms with van der Waals surface area (Å²) in [5.41, 5.74) is 9.99. The smallest absolute Gasteiger partial charge is 0.185 e. The largest absolute Gasteiger partial charge is 0.394 e. The van der Waals surface area contributed by atoms with Crippen LogP contribution in [-0.2, 0) is 30.3 Å². The van der Waals surface area contributed by atoms with Crippen LogP contribution in [0.3, 0.4) is 0 Å². The molecule has 3 aliphatic heterocycles. The lowest BCUT2D eigenvalue weighted by Gasteiger charge is -2.50. The minimum Gasteiger partial charge on any atom is -0.394 e. The molecule has 3 fully saturated rings. The SMILES string of the molecule is CC1C(N=[N+]=[N-])C2OCCC(O2)C1OC1OC(CO)C(O)C(C)C1OCc1ccccc1. The van der Waals surface area contributed by atoms with Gasteiger partial charge in [-0.05, 0) is 23.4 Å². The maximum Gasteiger partial charge on any atom is 0.185 e. The van der Waals surface area contributed by atoms with Crippen LogP contribution in [-0.4, -0.2) is 72.6 Å². The summed E-state index contributed by atoms with van der Waals surface area (Å²) < 4.78 is 30.2. The number of rotatable bonds is 7. The highest BCUT2D eigenvalue weighted by Gasteiger charge is 2.51. The molecule has 0 saturated carbocycles. The van der Waals surface area contributed by atoms with Crippen molar-refractivity contribution in [2.75, 3.05) is 13.2 Å². The fourth-order valence-corrected chi connectivity index (χ4v) is 4.74. The number of azide groups is 1. The van der Waals surface area contributed by atoms with Crippen LogP contribution in [0.2, 0.25) is 0 Å². The van der Waals surface area contributed by atoms with Gasteiger partial charge in [0.15, 0.2) is 12.6 Å². The molecule has 0 radical (unpaired) electrons. The first-order valence-corrected chi connectivity index (χ1v) is 11.1. The topological polar surface area (TPSA) is 135 Å². The fraction of sp³-hybridized carbons (Fsp3) is 0.727. The normalized spacial score (nSPS) is 41.6. The van der Waals surface area contributed by atoms with Crippen LogP contribution >= 0.6 is 0 Å². The number of ether oxygens (including phenoxy) is 5. The van der Waals surface area contributed by atoms with Crippen LogP contribution in [0.4, 0.5) is 0 Å². The average Bonchev–Trinajstić information content (AvgIpc) is 2.82. The van der Waals surface area contributed by atoms with E-state index in [0.29, 0.717) is 19.6 Å². The summed E-state index contributed by atoms with van der Waals surface area (Å²) in [6.45, 7) is 4.26. The second-order valence-corrected chi connectivity index (χ2v) is 8.69. The van der Waals surface area contributed by atoms with E-state index in [1.54, 1.807) is 0 Å². The molecule has 32 heavy (non-hydrogen) atoms.